The lowest BCUT2D eigenvalue weighted by Gasteiger charge is -2.34. The SMILES string of the molecule is CC(C)C(=O)N1CC2CCN(C)C1C2. The molecule has 0 N–H and O–H groups in total. The van der Waals surface area contributed by atoms with Crippen LogP contribution >= 0.6 is 0 Å². The summed E-state index contributed by atoms with van der Waals surface area (Å²) < 4.78 is 0. The molecule has 0 aromatic carbocycles. The largest absolute Gasteiger partial charge is 0.326 e. The Labute approximate surface area is 86.1 Å². The molecule has 2 atom stereocenters. The molecule has 0 saturated carbocycles. The topological polar surface area (TPSA) is 23.6 Å². The molecule has 2 aliphatic rings. The number of fused-ring (bicyclic) bond motifs is 2. The Kier molecular flexibility index (Phi) is 2.52. The number of rotatable bonds is 1. The summed E-state index contributed by atoms with van der Waals surface area (Å²) in [5.74, 6) is 1.23. The molecule has 0 aliphatic carbocycles. The van der Waals surface area contributed by atoms with Crippen LogP contribution in [0.4, 0.5) is 0 Å². The van der Waals surface area contributed by atoms with Crippen LogP contribution in [0.15, 0.2) is 0 Å². The molecular formula is C11H20N2O. The van der Waals surface area contributed by atoms with Crippen LogP contribution in [0.2, 0.25) is 0 Å². The molecule has 1 amide bonds. The van der Waals surface area contributed by atoms with Crippen LogP contribution in [-0.2, 0) is 4.79 Å². The van der Waals surface area contributed by atoms with E-state index in [4.69, 9.17) is 0 Å². The van der Waals surface area contributed by atoms with E-state index < -0.39 is 0 Å². The molecule has 3 nitrogen and oxygen atoms in total. The van der Waals surface area contributed by atoms with Gasteiger partial charge in [0, 0.05) is 19.0 Å². The number of hydrogen-bond donors (Lipinski definition) is 0. The first-order valence-corrected chi connectivity index (χ1v) is 5.60. The minimum Gasteiger partial charge on any atom is -0.326 e. The molecule has 2 bridgehead atoms. The molecule has 0 aromatic rings. The summed E-state index contributed by atoms with van der Waals surface area (Å²) in [5.41, 5.74) is 0. The molecule has 2 aliphatic heterocycles. The van der Waals surface area contributed by atoms with E-state index >= 15 is 0 Å². The number of amides is 1. The Morgan fingerprint density at radius 3 is 2.79 bits per heavy atom. The Morgan fingerprint density at radius 2 is 2.14 bits per heavy atom. The molecule has 0 spiro atoms. The predicted octanol–water partition coefficient (Wildman–Crippen LogP) is 1.15. The number of carbonyl (C=O) groups excluding carboxylic acids is 1. The predicted molar refractivity (Wildman–Crippen MR) is 55.7 cm³/mol. The van der Waals surface area contributed by atoms with E-state index in [1.807, 2.05) is 13.8 Å². The summed E-state index contributed by atoms with van der Waals surface area (Å²) in [6.45, 7) is 6.12. The maximum atomic E-state index is 11.9. The van der Waals surface area contributed by atoms with Crippen molar-refractivity contribution in [2.24, 2.45) is 11.8 Å². The minimum atomic E-state index is 0.141. The van der Waals surface area contributed by atoms with Crippen molar-refractivity contribution in [2.75, 3.05) is 20.1 Å². The van der Waals surface area contributed by atoms with Gasteiger partial charge < -0.3 is 4.90 Å². The smallest absolute Gasteiger partial charge is 0.226 e. The van der Waals surface area contributed by atoms with Crippen molar-refractivity contribution >= 4 is 5.91 Å². The Balaban J connectivity index is 2.10. The maximum absolute atomic E-state index is 11.9. The monoisotopic (exact) mass is 196 g/mol. The summed E-state index contributed by atoms with van der Waals surface area (Å²) in [6.07, 6.45) is 2.84. The van der Waals surface area contributed by atoms with Gasteiger partial charge in [0.1, 0.15) is 0 Å². The van der Waals surface area contributed by atoms with Crippen LogP contribution in [-0.4, -0.2) is 42.0 Å². The normalized spacial score (nSPS) is 32.7. The van der Waals surface area contributed by atoms with Gasteiger partial charge in [-0.2, -0.15) is 0 Å². The highest BCUT2D eigenvalue weighted by Crippen LogP contribution is 2.33. The number of likely N-dealkylation sites (tertiary alicyclic amines) is 2. The van der Waals surface area contributed by atoms with Crippen molar-refractivity contribution in [3.05, 3.63) is 0 Å². The zero-order valence-corrected chi connectivity index (χ0v) is 9.36. The molecule has 2 saturated heterocycles. The van der Waals surface area contributed by atoms with Gasteiger partial charge >= 0.3 is 0 Å². The first kappa shape index (κ1) is 9.97. The zero-order chi connectivity index (χ0) is 10.3. The highest BCUT2D eigenvalue weighted by atomic mass is 16.2. The lowest BCUT2D eigenvalue weighted by atomic mass is 10.00. The summed E-state index contributed by atoms with van der Waals surface area (Å²) in [7, 11) is 2.13. The lowest BCUT2D eigenvalue weighted by molar-refractivity contribution is -0.138. The fourth-order valence-corrected chi connectivity index (χ4v) is 2.63. The third kappa shape index (κ3) is 1.54. The van der Waals surface area contributed by atoms with Gasteiger partial charge in [0.25, 0.3) is 0 Å². The van der Waals surface area contributed by atoms with Crippen molar-refractivity contribution in [1.82, 2.24) is 9.80 Å². The Morgan fingerprint density at radius 1 is 1.43 bits per heavy atom. The summed E-state index contributed by atoms with van der Waals surface area (Å²) in [6, 6.07) is 0. The molecule has 2 fully saturated rings. The maximum Gasteiger partial charge on any atom is 0.226 e. The highest BCUT2D eigenvalue weighted by molar-refractivity contribution is 5.78. The Hall–Kier alpha value is -0.570. The van der Waals surface area contributed by atoms with Gasteiger partial charge in [0.2, 0.25) is 5.91 Å². The third-order valence-corrected chi connectivity index (χ3v) is 3.53. The van der Waals surface area contributed by atoms with Gasteiger partial charge in [-0.05, 0) is 25.8 Å². The van der Waals surface area contributed by atoms with Gasteiger partial charge in [-0.25, -0.2) is 0 Å². The fourth-order valence-electron chi connectivity index (χ4n) is 2.63. The van der Waals surface area contributed by atoms with E-state index in [0.29, 0.717) is 12.1 Å². The quantitative estimate of drug-likeness (QED) is 0.628. The summed E-state index contributed by atoms with van der Waals surface area (Å²) >= 11 is 0. The molecule has 2 heterocycles. The number of carbonyl (C=O) groups is 1. The van der Waals surface area contributed by atoms with Crippen molar-refractivity contribution in [1.29, 1.82) is 0 Å². The molecule has 2 unspecified atom stereocenters. The van der Waals surface area contributed by atoms with Gasteiger partial charge in [0.15, 0.2) is 0 Å². The van der Waals surface area contributed by atoms with Gasteiger partial charge in [-0.3, -0.25) is 9.69 Å². The average molecular weight is 196 g/mol. The highest BCUT2D eigenvalue weighted by Gasteiger charge is 2.40. The third-order valence-electron chi connectivity index (χ3n) is 3.53. The number of piperidine rings is 1. The minimum absolute atomic E-state index is 0.141. The van der Waals surface area contributed by atoms with E-state index in [9.17, 15) is 4.79 Å². The van der Waals surface area contributed by atoms with Crippen LogP contribution in [0.25, 0.3) is 0 Å². The van der Waals surface area contributed by atoms with Crippen LogP contribution in [0, 0.1) is 11.8 Å². The van der Waals surface area contributed by atoms with E-state index in [-0.39, 0.29) is 5.92 Å². The number of nitrogens with zero attached hydrogens (tertiary/aromatic N) is 2. The summed E-state index contributed by atoms with van der Waals surface area (Å²) in [5, 5.41) is 0. The van der Waals surface area contributed by atoms with E-state index in [1.54, 1.807) is 0 Å². The first-order chi connectivity index (χ1) is 6.59. The van der Waals surface area contributed by atoms with Gasteiger partial charge in [0.05, 0.1) is 6.17 Å². The zero-order valence-electron chi connectivity index (χ0n) is 9.36. The Bertz CT molecular complexity index is 239. The first-order valence-electron chi connectivity index (χ1n) is 5.60. The van der Waals surface area contributed by atoms with Crippen LogP contribution < -0.4 is 0 Å². The number of hydrogen-bond acceptors (Lipinski definition) is 2. The van der Waals surface area contributed by atoms with Crippen molar-refractivity contribution in [3.63, 3.8) is 0 Å². The second-order valence-corrected chi connectivity index (χ2v) is 5.00. The molecule has 14 heavy (non-hydrogen) atoms. The molecule has 0 aromatic heterocycles. The van der Waals surface area contributed by atoms with Crippen LogP contribution in [0.5, 0.6) is 0 Å². The average Bonchev–Trinajstić information content (AvgIpc) is 2.50. The standard InChI is InChI=1S/C11H20N2O/c1-8(2)11(14)13-7-9-4-5-12(3)10(13)6-9/h8-10H,4-7H2,1-3H3. The van der Waals surface area contributed by atoms with Crippen molar-refractivity contribution in [2.45, 2.75) is 32.9 Å². The van der Waals surface area contributed by atoms with E-state index in [0.717, 1.165) is 19.0 Å². The van der Waals surface area contributed by atoms with Crippen molar-refractivity contribution in [3.8, 4) is 0 Å². The second kappa shape index (κ2) is 3.54. The summed E-state index contributed by atoms with van der Waals surface area (Å²) in [4.78, 5) is 16.3. The van der Waals surface area contributed by atoms with Gasteiger partial charge in [-0.15, -0.1) is 0 Å². The van der Waals surface area contributed by atoms with Crippen LogP contribution in [0.3, 0.4) is 0 Å². The molecule has 2 rings (SSSR count). The van der Waals surface area contributed by atoms with Crippen molar-refractivity contribution < 1.29 is 4.79 Å². The lowest BCUT2D eigenvalue weighted by Crippen LogP contribution is -2.47. The molecule has 3 heteroatoms. The fraction of sp³-hybridized carbons (Fsp3) is 0.909. The molecule has 80 valence electrons. The molecule has 0 radical (unpaired) electrons. The van der Waals surface area contributed by atoms with E-state index in [2.05, 4.69) is 16.8 Å². The molecular weight excluding hydrogens is 176 g/mol. The second-order valence-electron chi connectivity index (χ2n) is 5.00. The van der Waals surface area contributed by atoms with Gasteiger partial charge in [-0.1, -0.05) is 13.8 Å². The van der Waals surface area contributed by atoms with Crippen LogP contribution in [0.1, 0.15) is 26.7 Å². The van der Waals surface area contributed by atoms with E-state index in [1.165, 1.54) is 12.8 Å².